The largest absolute Gasteiger partial charge is 0.489 e. The van der Waals surface area contributed by atoms with Crippen LogP contribution in [0, 0.1) is 0 Å². The number of halogens is 1. The van der Waals surface area contributed by atoms with E-state index in [2.05, 4.69) is 34.8 Å². The van der Waals surface area contributed by atoms with Crippen LogP contribution in [-0.2, 0) is 4.74 Å². The highest BCUT2D eigenvalue weighted by Crippen LogP contribution is 2.28. The first-order valence-corrected chi connectivity index (χ1v) is 6.36. The second kappa shape index (κ2) is 5.15. The van der Waals surface area contributed by atoms with E-state index in [9.17, 15) is 0 Å². The standard InChI is InChI=1S/C12H16BrNO2/c1-8-5-10(6-9(2)15-8)16-12-3-4-14-7-11(12)13/h3-4,7-10H,5-6H2,1-2H3. The second-order valence-corrected chi connectivity index (χ2v) is 5.13. The molecule has 1 fully saturated rings. The summed E-state index contributed by atoms with van der Waals surface area (Å²) in [5.74, 6) is 0.862. The van der Waals surface area contributed by atoms with Crippen LogP contribution in [0.4, 0.5) is 0 Å². The van der Waals surface area contributed by atoms with Gasteiger partial charge in [-0.1, -0.05) is 0 Å². The Morgan fingerprint density at radius 2 is 2.06 bits per heavy atom. The Hall–Kier alpha value is -0.610. The van der Waals surface area contributed by atoms with E-state index >= 15 is 0 Å². The molecule has 1 saturated heterocycles. The smallest absolute Gasteiger partial charge is 0.136 e. The van der Waals surface area contributed by atoms with Gasteiger partial charge in [0.2, 0.25) is 0 Å². The van der Waals surface area contributed by atoms with Crippen molar-refractivity contribution in [2.45, 2.75) is 45.0 Å². The minimum absolute atomic E-state index is 0.234. The van der Waals surface area contributed by atoms with Gasteiger partial charge < -0.3 is 9.47 Å². The van der Waals surface area contributed by atoms with Crippen molar-refractivity contribution in [2.24, 2.45) is 0 Å². The van der Waals surface area contributed by atoms with Crippen LogP contribution in [0.2, 0.25) is 0 Å². The fraction of sp³-hybridized carbons (Fsp3) is 0.583. The van der Waals surface area contributed by atoms with E-state index in [-0.39, 0.29) is 18.3 Å². The number of hydrogen-bond donors (Lipinski definition) is 0. The van der Waals surface area contributed by atoms with Gasteiger partial charge in [0, 0.05) is 25.2 Å². The maximum Gasteiger partial charge on any atom is 0.136 e. The molecule has 0 aliphatic carbocycles. The number of aromatic nitrogens is 1. The van der Waals surface area contributed by atoms with Gasteiger partial charge in [-0.15, -0.1) is 0 Å². The summed E-state index contributed by atoms with van der Waals surface area (Å²) < 4.78 is 12.5. The molecular formula is C12H16BrNO2. The van der Waals surface area contributed by atoms with Gasteiger partial charge in [-0.2, -0.15) is 0 Å². The third-order valence-corrected chi connectivity index (χ3v) is 3.28. The van der Waals surface area contributed by atoms with Crippen molar-refractivity contribution < 1.29 is 9.47 Å². The van der Waals surface area contributed by atoms with E-state index in [1.54, 1.807) is 12.4 Å². The van der Waals surface area contributed by atoms with Gasteiger partial charge in [-0.25, -0.2) is 0 Å². The summed E-state index contributed by atoms with van der Waals surface area (Å²) in [5.41, 5.74) is 0. The number of ether oxygens (including phenoxy) is 2. The van der Waals surface area contributed by atoms with Crippen molar-refractivity contribution in [1.82, 2.24) is 4.98 Å². The minimum atomic E-state index is 0.234. The molecular weight excluding hydrogens is 270 g/mol. The maximum atomic E-state index is 5.96. The van der Waals surface area contributed by atoms with Gasteiger partial charge in [-0.3, -0.25) is 4.98 Å². The maximum absolute atomic E-state index is 5.96. The Kier molecular flexibility index (Phi) is 3.82. The van der Waals surface area contributed by atoms with Crippen LogP contribution in [0.25, 0.3) is 0 Å². The first-order chi connectivity index (χ1) is 7.65. The van der Waals surface area contributed by atoms with Crippen molar-refractivity contribution in [3.8, 4) is 5.75 Å². The lowest BCUT2D eigenvalue weighted by Crippen LogP contribution is -2.35. The summed E-state index contributed by atoms with van der Waals surface area (Å²) in [7, 11) is 0. The Balaban J connectivity index is 2.02. The zero-order valence-corrected chi connectivity index (χ0v) is 11.1. The highest BCUT2D eigenvalue weighted by molar-refractivity contribution is 9.10. The summed E-state index contributed by atoms with van der Waals surface area (Å²) in [6.45, 7) is 4.18. The van der Waals surface area contributed by atoms with Crippen LogP contribution in [0.15, 0.2) is 22.9 Å². The number of nitrogens with zero attached hydrogens (tertiary/aromatic N) is 1. The third-order valence-electron chi connectivity index (χ3n) is 2.68. The van der Waals surface area contributed by atoms with Crippen LogP contribution < -0.4 is 4.74 Å². The fourth-order valence-corrected chi connectivity index (χ4v) is 2.42. The molecule has 16 heavy (non-hydrogen) atoms. The lowest BCUT2D eigenvalue weighted by Gasteiger charge is -2.32. The van der Waals surface area contributed by atoms with Crippen molar-refractivity contribution in [3.63, 3.8) is 0 Å². The van der Waals surface area contributed by atoms with E-state index in [0.29, 0.717) is 0 Å². The van der Waals surface area contributed by atoms with Gasteiger partial charge >= 0.3 is 0 Å². The Morgan fingerprint density at radius 3 is 2.69 bits per heavy atom. The number of rotatable bonds is 2. The van der Waals surface area contributed by atoms with Crippen molar-refractivity contribution in [2.75, 3.05) is 0 Å². The molecule has 0 saturated carbocycles. The van der Waals surface area contributed by atoms with Gasteiger partial charge in [0.15, 0.2) is 0 Å². The van der Waals surface area contributed by atoms with Gasteiger partial charge in [-0.05, 0) is 35.8 Å². The predicted octanol–water partition coefficient (Wildman–Crippen LogP) is 3.18. The average Bonchev–Trinajstić information content (AvgIpc) is 2.20. The average molecular weight is 286 g/mol. The number of pyridine rings is 1. The molecule has 0 spiro atoms. The molecule has 2 atom stereocenters. The SMILES string of the molecule is CC1CC(Oc2ccncc2Br)CC(C)O1. The number of hydrogen-bond acceptors (Lipinski definition) is 3. The lowest BCUT2D eigenvalue weighted by molar-refractivity contribution is -0.0722. The Morgan fingerprint density at radius 1 is 1.38 bits per heavy atom. The minimum Gasteiger partial charge on any atom is -0.489 e. The zero-order chi connectivity index (χ0) is 11.5. The van der Waals surface area contributed by atoms with E-state index in [1.165, 1.54) is 0 Å². The van der Waals surface area contributed by atoms with Gasteiger partial charge in [0.25, 0.3) is 0 Å². The molecule has 0 aromatic carbocycles. The quantitative estimate of drug-likeness (QED) is 0.836. The van der Waals surface area contributed by atoms with Crippen LogP contribution in [0.5, 0.6) is 5.75 Å². The topological polar surface area (TPSA) is 31.4 Å². The molecule has 0 amide bonds. The summed E-state index contributed by atoms with van der Waals surface area (Å²) in [6, 6.07) is 1.88. The highest BCUT2D eigenvalue weighted by Gasteiger charge is 2.26. The highest BCUT2D eigenvalue weighted by atomic mass is 79.9. The van der Waals surface area contributed by atoms with Crippen LogP contribution in [-0.4, -0.2) is 23.3 Å². The fourth-order valence-electron chi connectivity index (χ4n) is 2.08. The van der Waals surface area contributed by atoms with E-state index in [0.717, 1.165) is 23.1 Å². The second-order valence-electron chi connectivity index (χ2n) is 4.27. The molecule has 0 bridgehead atoms. The molecule has 0 N–H and O–H groups in total. The molecule has 2 unspecified atom stereocenters. The first kappa shape index (κ1) is 11.9. The molecule has 1 aliphatic rings. The molecule has 2 heterocycles. The molecule has 88 valence electrons. The normalized spacial score (nSPS) is 30.1. The van der Waals surface area contributed by atoms with Crippen molar-refractivity contribution in [3.05, 3.63) is 22.9 Å². The van der Waals surface area contributed by atoms with Crippen LogP contribution in [0.3, 0.4) is 0 Å². The van der Waals surface area contributed by atoms with Crippen LogP contribution >= 0.6 is 15.9 Å². The summed E-state index contributed by atoms with van der Waals surface area (Å²) in [6.07, 6.45) is 6.16. The first-order valence-electron chi connectivity index (χ1n) is 5.56. The molecule has 2 rings (SSSR count). The molecule has 4 heteroatoms. The summed E-state index contributed by atoms with van der Waals surface area (Å²) in [5, 5.41) is 0. The third kappa shape index (κ3) is 2.95. The zero-order valence-electron chi connectivity index (χ0n) is 9.52. The van der Waals surface area contributed by atoms with E-state index in [1.807, 2.05) is 6.07 Å². The molecule has 0 radical (unpaired) electrons. The van der Waals surface area contributed by atoms with E-state index in [4.69, 9.17) is 9.47 Å². The summed E-state index contributed by atoms with van der Waals surface area (Å²) >= 11 is 3.43. The van der Waals surface area contributed by atoms with Gasteiger partial charge in [0.1, 0.15) is 11.9 Å². The van der Waals surface area contributed by atoms with Crippen molar-refractivity contribution >= 4 is 15.9 Å². The van der Waals surface area contributed by atoms with Gasteiger partial charge in [0.05, 0.1) is 16.7 Å². The monoisotopic (exact) mass is 285 g/mol. The lowest BCUT2D eigenvalue weighted by atomic mass is 10.0. The predicted molar refractivity (Wildman–Crippen MR) is 65.6 cm³/mol. The van der Waals surface area contributed by atoms with Crippen LogP contribution in [0.1, 0.15) is 26.7 Å². The van der Waals surface area contributed by atoms with E-state index < -0.39 is 0 Å². The molecule has 1 aromatic heterocycles. The molecule has 1 aliphatic heterocycles. The molecule has 3 nitrogen and oxygen atoms in total. The Bertz CT molecular complexity index is 349. The Labute approximate surface area is 104 Å². The van der Waals surface area contributed by atoms with Crippen molar-refractivity contribution in [1.29, 1.82) is 0 Å². The summed E-state index contributed by atoms with van der Waals surface area (Å²) in [4.78, 5) is 4.02. The molecule has 1 aromatic rings.